The van der Waals surface area contributed by atoms with E-state index in [9.17, 15) is 22.8 Å². The monoisotopic (exact) mass is 396 g/mol. The normalized spacial score (nSPS) is 11.7. The molecule has 0 aliphatic rings. The van der Waals surface area contributed by atoms with E-state index in [4.69, 9.17) is 0 Å². The molecule has 0 fully saturated rings. The van der Waals surface area contributed by atoms with Crippen LogP contribution in [0.4, 0.5) is 18.9 Å². The van der Waals surface area contributed by atoms with Crippen LogP contribution in [0, 0.1) is 6.92 Å². The van der Waals surface area contributed by atoms with Gasteiger partial charge in [0.1, 0.15) is 5.52 Å². The molecule has 0 spiro atoms. The fourth-order valence-corrected chi connectivity index (χ4v) is 3.31. The molecule has 2 aromatic heterocycles. The fourth-order valence-electron chi connectivity index (χ4n) is 2.54. The van der Waals surface area contributed by atoms with Gasteiger partial charge in [0.25, 0.3) is 5.56 Å². The number of aryl methyl sites for hydroxylation is 1. The van der Waals surface area contributed by atoms with E-state index in [0.717, 1.165) is 23.5 Å². The lowest BCUT2D eigenvalue weighted by molar-refractivity contribution is -0.137. The van der Waals surface area contributed by atoms with Gasteiger partial charge in [-0.3, -0.25) is 14.2 Å². The first-order chi connectivity index (χ1) is 12.7. The number of carbonyl (C=O) groups excluding carboxylic acids is 1. The van der Waals surface area contributed by atoms with Gasteiger partial charge in [0, 0.05) is 12.7 Å². The molecule has 2 heterocycles. The SMILES string of the molecule is Cc1cc2nc(SCC(=O)Nc3ccccc3C(F)(F)F)n(C)c(=O)c2[nH]1. The van der Waals surface area contributed by atoms with Gasteiger partial charge in [0.05, 0.1) is 22.5 Å². The van der Waals surface area contributed by atoms with Crippen LogP contribution in [0.3, 0.4) is 0 Å². The first-order valence-corrected chi connectivity index (χ1v) is 8.80. The standard InChI is InChI=1S/C17H15F3N4O2S/c1-9-7-12-14(21-9)15(26)24(2)16(23-12)27-8-13(25)22-11-6-4-3-5-10(11)17(18,19)20/h3-7,21H,8H2,1-2H3,(H,22,25). The first-order valence-electron chi connectivity index (χ1n) is 7.82. The number of nitrogens with one attached hydrogen (secondary N) is 2. The molecule has 6 nitrogen and oxygen atoms in total. The number of nitrogens with zero attached hydrogens (tertiary/aromatic N) is 2. The van der Waals surface area contributed by atoms with E-state index in [1.165, 1.54) is 29.8 Å². The minimum Gasteiger partial charge on any atom is -0.353 e. The van der Waals surface area contributed by atoms with Gasteiger partial charge in [-0.15, -0.1) is 0 Å². The quantitative estimate of drug-likeness (QED) is 0.524. The van der Waals surface area contributed by atoms with Crippen molar-refractivity contribution in [3.63, 3.8) is 0 Å². The number of benzene rings is 1. The highest BCUT2D eigenvalue weighted by molar-refractivity contribution is 7.99. The van der Waals surface area contributed by atoms with Crippen molar-refractivity contribution in [3.8, 4) is 0 Å². The summed E-state index contributed by atoms with van der Waals surface area (Å²) in [5, 5.41) is 2.56. The smallest absolute Gasteiger partial charge is 0.353 e. The predicted molar refractivity (Wildman–Crippen MR) is 96.9 cm³/mol. The van der Waals surface area contributed by atoms with Crippen molar-refractivity contribution < 1.29 is 18.0 Å². The summed E-state index contributed by atoms with van der Waals surface area (Å²) in [7, 11) is 1.52. The molecule has 2 N–H and O–H groups in total. The Bertz CT molecular complexity index is 1070. The Hall–Kier alpha value is -2.75. The predicted octanol–water partition coefficient (Wildman–Crippen LogP) is 3.32. The molecule has 0 saturated heterocycles. The molecule has 0 atom stereocenters. The van der Waals surface area contributed by atoms with Crippen molar-refractivity contribution in [2.45, 2.75) is 18.3 Å². The number of aromatic nitrogens is 3. The van der Waals surface area contributed by atoms with Gasteiger partial charge in [0.15, 0.2) is 5.16 Å². The molecule has 0 radical (unpaired) electrons. The number of fused-ring (bicyclic) bond motifs is 1. The maximum atomic E-state index is 13.0. The molecular formula is C17H15F3N4O2S. The number of halogens is 3. The number of hydrogen-bond acceptors (Lipinski definition) is 4. The van der Waals surface area contributed by atoms with E-state index >= 15 is 0 Å². The maximum absolute atomic E-state index is 13.0. The fraction of sp³-hybridized carbons (Fsp3) is 0.235. The van der Waals surface area contributed by atoms with Crippen LogP contribution in [-0.4, -0.2) is 26.2 Å². The zero-order chi connectivity index (χ0) is 19.8. The summed E-state index contributed by atoms with van der Waals surface area (Å²) in [6.07, 6.45) is -4.57. The summed E-state index contributed by atoms with van der Waals surface area (Å²) >= 11 is 0.971. The molecule has 1 amide bonds. The minimum atomic E-state index is -4.57. The molecule has 3 rings (SSSR count). The second kappa shape index (κ2) is 7.10. The highest BCUT2D eigenvalue weighted by Gasteiger charge is 2.33. The molecule has 27 heavy (non-hydrogen) atoms. The molecule has 10 heteroatoms. The van der Waals surface area contributed by atoms with E-state index in [-0.39, 0.29) is 17.0 Å². The number of thioether (sulfide) groups is 1. The summed E-state index contributed by atoms with van der Waals surface area (Å²) < 4.78 is 40.3. The topological polar surface area (TPSA) is 79.8 Å². The van der Waals surface area contributed by atoms with E-state index in [0.29, 0.717) is 16.2 Å². The highest BCUT2D eigenvalue weighted by Crippen LogP contribution is 2.34. The van der Waals surface area contributed by atoms with Crippen LogP contribution in [0.1, 0.15) is 11.3 Å². The summed E-state index contributed by atoms with van der Waals surface area (Å²) in [6, 6.07) is 6.46. The van der Waals surface area contributed by atoms with Crippen molar-refractivity contribution in [2.24, 2.45) is 7.05 Å². The summed E-state index contributed by atoms with van der Waals surface area (Å²) in [4.78, 5) is 31.7. The Morgan fingerprint density at radius 3 is 2.74 bits per heavy atom. The van der Waals surface area contributed by atoms with Crippen LogP contribution >= 0.6 is 11.8 Å². The molecule has 0 aliphatic carbocycles. The van der Waals surface area contributed by atoms with Gasteiger partial charge >= 0.3 is 6.18 Å². The maximum Gasteiger partial charge on any atom is 0.418 e. The van der Waals surface area contributed by atoms with Crippen LogP contribution in [-0.2, 0) is 18.0 Å². The van der Waals surface area contributed by atoms with Crippen molar-refractivity contribution in [1.82, 2.24) is 14.5 Å². The van der Waals surface area contributed by atoms with Crippen LogP contribution in [0.5, 0.6) is 0 Å². The zero-order valence-electron chi connectivity index (χ0n) is 14.3. The lowest BCUT2D eigenvalue weighted by Gasteiger charge is -2.13. The first kappa shape index (κ1) is 19.0. The van der Waals surface area contributed by atoms with E-state index < -0.39 is 17.6 Å². The number of amides is 1. The van der Waals surface area contributed by atoms with Crippen LogP contribution < -0.4 is 10.9 Å². The number of para-hydroxylation sites is 1. The number of alkyl halides is 3. The second-order valence-electron chi connectivity index (χ2n) is 5.85. The third-order valence-electron chi connectivity index (χ3n) is 3.79. The van der Waals surface area contributed by atoms with Gasteiger partial charge in [-0.05, 0) is 25.1 Å². The summed E-state index contributed by atoms with van der Waals surface area (Å²) in [6.45, 7) is 1.79. The average molecular weight is 396 g/mol. The van der Waals surface area contributed by atoms with E-state index in [1.54, 1.807) is 13.0 Å². The molecule has 0 unspecified atom stereocenters. The number of hydrogen-bond donors (Lipinski definition) is 2. The second-order valence-corrected chi connectivity index (χ2v) is 6.79. The molecule has 0 bridgehead atoms. The number of H-pyrrole nitrogens is 1. The number of aromatic amines is 1. The molecule has 3 aromatic rings. The third kappa shape index (κ3) is 4.00. The lowest BCUT2D eigenvalue weighted by atomic mass is 10.1. The van der Waals surface area contributed by atoms with Gasteiger partial charge in [-0.1, -0.05) is 23.9 Å². The Morgan fingerprint density at radius 2 is 2.04 bits per heavy atom. The van der Waals surface area contributed by atoms with Crippen LogP contribution in [0.15, 0.2) is 40.3 Å². The van der Waals surface area contributed by atoms with Gasteiger partial charge < -0.3 is 10.3 Å². The Morgan fingerprint density at radius 1 is 1.33 bits per heavy atom. The van der Waals surface area contributed by atoms with E-state index in [2.05, 4.69) is 15.3 Å². The molecule has 1 aromatic carbocycles. The van der Waals surface area contributed by atoms with Crippen molar-refractivity contribution in [2.75, 3.05) is 11.1 Å². The van der Waals surface area contributed by atoms with Gasteiger partial charge in [0.2, 0.25) is 5.91 Å². The van der Waals surface area contributed by atoms with Crippen LogP contribution in [0.25, 0.3) is 11.0 Å². The zero-order valence-corrected chi connectivity index (χ0v) is 15.2. The van der Waals surface area contributed by atoms with Gasteiger partial charge in [-0.25, -0.2) is 4.98 Å². The Labute approximate surface area is 155 Å². The third-order valence-corrected chi connectivity index (χ3v) is 4.82. The lowest BCUT2D eigenvalue weighted by Crippen LogP contribution is -2.22. The number of anilines is 1. The van der Waals surface area contributed by atoms with E-state index in [1.807, 2.05) is 0 Å². The highest BCUT2D eigenvalue weighted by atomic mass is 32.2. The Balaban J connectivity index is 1.77. The molecule has 0 saturated carbocycles. The summed E-state index contributed by atoms with van der Waals surface area (Å²) in [5.74, 6) is -0.822. The van der Waals surface area contributed by atoms with Crippen molar-refractivity contribution >= 4 is 34.4 Å². The summed E-state index contributed by atoms with van der Waals surface area (Å²) in [5.41, 5.74) is 0.0905. The van der Waals surface area contributed by atoms with Crippen LogP contribution in [0.2, 0.25) is 0 Å². The molecule has 0 aliphatic heterocycles. The van der Waals surface area contributed by atoms with Gasteiger partial charge in [-0.2, -0.15) is 13.2 Å². The number of rotatable bonds is 4. The Kier molecular flexibility index (Phi) is 5.01. The average Bonchev–Trinajstić information content (AvgIpc) is 2.97. The van der Waals surface area contributed by atoms with Crippen molar-refractivity contribution in [1.29, 1.82) is 0 Å². The minimum absolute atomic E-state index is 0.193. The largest absolute Gasteiger partial charge is 0.418 e. The molecule has 142 valence electrons. The number of carbonyl (C=O) groups is 1. The van der Waals surface area contributed by atoms with Crippen molar-refractivity contribution in [3.05, 3.63) is 51.9 Å². The molecular weight excluding hydrogens is 381 g/mol.